The van der Waals surface area contributed by atoms with Crippen LogP contribution in [-0.4, -0.2) is 48.3 Å². The molecule has 29 heavy (non-hydrogen) atoms. The lowest BCUT2D eigenvalue weighted by atomic mass is 9.82. The zero-order valence-electron chi connectivity index (χ0n) is 17.4. The van der Waals surface area contributed by atoms with Crippen LogP contribution >= 0.6 is 11.6 Å². The molecule has 0 spiro atoms. The number of hydrogen-bond donors (Lipinski definition) is 0. The Morgan fingerprint density at radius 2 is 1.90 bits per heavy atom. The number of ether oxygens (including phenoxy) is 1. The Morgan fingerprint density at radius 3 is 2.52 bits per heavy atom. The van der Waals surface area contributed by atoms with E-state index in [0.29, 0.717) is 53.8 Å². The largest absolute Gasteiger partial charge is 0.380 e. The highest BCUT2D eigenvalue weighted by Crippen LogP contribution is 2.40. The summed E-state index contributed by atoms with van der Waals surface area (Å²) in [4.78, 5) is 27.5. The second-order valence-electron chi connectivity index (χ2n) is 9.71. The van der Waals surface area contributed by atoms with Crippen molar-refractivity contribution in [1.29, 1.82) is 0 Å². The van der Waals surface area contributed by atoms with Gasteiger partial charge in [0.05, 0.1) is 19.8 Å². The van der Waals surface area contributed by atoms with Crippen LogP contribution in [0.4, 0.5) is 0 Å². The molecule has 0 saturated carbocycles. The number of benzene rings is 1. The average molecular weight is 418 g/mol. The number of ketones is 2. The Hall–Kier alpha value is -1.23. The highest BCUT2D eigenvalue weighted by molar-refractivity contribution is 6.31. The number of carbonyl (C=O) groups is 2. The molecule has 3 aliphatic rings. The minimum atomic E-state index is 0.186. The predicted molar refractivity (Wildman–Crippen MR) is 114 cm³/mol. The summed E-state index contributed by atoms with van der Waals surface area (Å²) in [6.45, 7) is 4.42. The maximum Gasteiger partial charge on any atom is 0.162 e. The molecule has 0 aromatic heterocycles. The van der Waals surface area contributed by atoms with Crippen molar-refractivity contribution in [1.82, 2.24) is 4.90 Å². The van der Waals surface area contributed by atoms with Crippen molar-refractivity contribution < 1.29 is 14.3 Å². The van der Waals surface area contributed by atoms with E-state index in [-0.39, 0.29) is 11.2 Å². The van der Waals surface area contributed by atoms with Crippen LogP contribution in [0.15, 0.2) is 24.3 Å². The molecule has 0 amide bonds. The lowest BCUT2D eigenvalue weighted by Crippen LogP contribution is -2.46. The molecule has 3 atom stereocenters. The minimum absolute atomic E-state index is 0.186. The monoisotopic (exact) mass is 417 g/mol. The van der Waals surface area contributed by atoms with Gasteiger partial charge in [0.1, 0.15) is 5.78 Å². The average Bonchev–Trinajstić information content (AvgIpc) is 2.90. The highest BCUT2D eigenvalue weighted by atomic mass is 35.5. The van der Waals surface area contributed by atoms with Gasteiger partial charge in [-0.15, -0.1) is 0 Å². The lowest BCUT2D eigenvalue weighted by Gasteiger charge is -2.40. The molecule has 3 fully saturated rings. The first-order valence-electron chi connectivity index (χ1n) is 11.1. The van der Waals surface area contributed by atoms with Crippen LogP contribution in [0.2, 0.25) is 5.02 Å². The molecule has 4 rings (SSSR count). The van der Waals surface area contributed by atoms with Gasteiger partial charge in [0.15, 0.2) is 5.78 Å². The summed E-state index contributed by atoms with van der Waals surface area (Å²) in [5.74, 6) is 1.16. The molecule has 1 aromatic rings. The van der Waals surface area contributed by atoms with Gasteiger partial charge in [-0.3, -0.25) is 14.5 Å². The van der Waals surface area contributed by atoms with E-state index in [1.54, 1.807) is 12.1 Å². The third-order valence-corrected chi connectivity index (χ3v) is 7.41. The van der Waals surface area contributed by atoms with Gasteiger partial charge >= 0.3 is 0 Å². The van der Waals surface area contributed by atoms with Crippen LogP contribution in [0.5, 0.6) is 0 Å². The SMILES string of the molecule is CC1(CCC(=O)CN2[C@@H]3CC[C@H]2C[C@H](CCC(=O)c2cccc(Cl)c2)C3)COC1. The van der Waals surface area contributed by atoms with Gasteiger partial charge in [0.25, 0.3) is 0 Å². The summed E-state index contributed by atoms with van der Waals surface area (Å²) >= 11 is 6.01. The van der Waals surface area contributed by atoms with Crippen molar-refractivity contribution >= 4 is 23.2 Å². The smallest absolute Gasteiger partial charge is 0.162 e. The van der Waals surface area contributed by atoms with Crippen molar-refractivity contribution in [2.24, 2.45) is 11.3 Å². The van der Waals surface area contributed by atoms with Crippen LogP contribution in [0.1, 0.15) is 68.6 Å². The Balaban J connectivity index is 1.23. The van der Waals surface area contributed by atoms with E-state index >= 15 is 0 Å². The first-order valence-corrected chi connectivity index (χ1v) is 11.4. The molecular formula is C24H32ClNO3. The molecule has 1 aromatic carbocycles. The fourth-order valence-corrected chi connectivity index (χ4v) is 5.53. The molecule has 2 bridgehead atoms. The van der Waals surface area contributed by atoms with E-state index in [2.05, 4.69) is 11.8 Å². The molecule has 5 heteroatoms. The topological polar surface area (TPSA) is 46.6 Å². The zero-order valence-corrected chi connectivity index (χ0v) is 18.1. The first-order chi connectivity index (χ1) is 13.9. The van der Waals surface area contributed by atoms with E-state index in [9.17, 15) is 9.59 Å². The van der Waals surface area contributed by atoms with E-state index in [1.165, 1.54) is 12.8 Å². The van der Waals surface area contributed by atoms with E-state index in [4.69, 9.17) is 16.3 Å². The zero-order chi connectivity index (χ0) is 20.4. The second kappa shape index (κ2) is 8.87. The van der Waals surface area contributed by atoms with E-state index < -0.39 is 0 Å². The van der Waals surface area contributed by atoms with Gasteiger partial charge in [0, 0.05) is 40.9 Å². The van der Waals surface area contributed by atoms with Crippen LogP contribution < -0.4 is 0 Å². The van der Waals surface area contributed by atoms with Gasteiger partial charge < -0.3 is 4.74 Å². The predicted octanol–water partition coefficient (Wildman–Crippen LogP) is 4.93. The van der Waals surface area contributed by atoms with Gasteiger partial charge in [-0.2, -0.15) is 0 Å². The van der Waals surface area contributed by atoms with Crippen molar-refractivity contribution in [3.8, 4) is 0 Å². The maximum absolute atomic E-state index is 12.6. The standard InChI is InChI=1S/C24H32ClNO3/c1-24(15-29-16-24)10-9-22(27)14-26-20-6-7-21(26)12-17(11-20)5-8-23(28)18-3-2-4-19(25)13-18/h2-4,13,17,20-21H,5-12,14-16H2,1H3/t17-,20-,21+. The molecule has 0 radical (unpaired) electrons. The summed E-state index contributed by atoms with van der Waals surface area (Å²) in [5, 5.41) is 0.616. The van der Waals surface area contributed by atoms with Gasteiger partial charge in [-0.05, 0) is 56.6 Å². The quantitative estimate of drug-likeness (QED) is 0.534. The number of piperidine rings is 1. The number of fused-ring (bicyclic) bond motifs is 2. The minimum Gasteiger partial charge on any atom is -0.380 e. The first kappa shape index (κ1) is 21.0. The summed E-state index contributed by atoms with van der Waals surface area (Å²) in [5.41, 5.74) is 0.936. The fraction of sp³-hybridized carbons (Fsp3) is 0.667. The van der Waals surface area contributed by atoms with Crippen LogP contribution in [0.25, 0.3) is 0 Å². The molecule has 0 N–H and O–H groups in total. The summed E-state index contributed by atoms with van der Waals surface area (Å²) in [6.07, 6.45) is 7.79. The molecule has 3 aliphatic heterocycles. The normalized spacial score (nSPS) is 28.1. The number of halogens is 1. The van der Waals surface area contributed by atoms with Crippen LogP contribution in [0, 0.1) is 11.3 Å². The van der Waals surface area contributed by atoms with Crippen molar-refractivity contribution in [3.05, 3.63) is 34.9 Å². The Kier molecular flexibility index (Phi) is 6.43. The third kappa shape index (κ3) is 5.10. The Bertz CT molecular complexity index is 746. The summed E-state index contributed by atoms with van der Waals surface area (Å²) in [6, 6.07) is 8.29. The van der Waals surface area contributed by atoms with Gasteiger partial charge in [-0.1, -0.05) is 30.7 Å². The molecule has 0 unspecified atom stereocenters. The summed E-state index contributed by atoms with van der Waals surface area (Å²) < 4.78 is 5.30. The highest BCUT2D eigenvalue weighted by Gasteiger charge is 2.41. The molecule has 0 aliphatic carbocycles. The Labute approximate surface area is 178 Å². The number of hydrogen-bond acceptors (Lipinski definition) is 4. The number of nitrogens with zero attached hydrogens (tertiary/aromatic N) is 1. The van der Waals surface area contributed by atoms with Crippen LogP contribution in [-0.2, 0) is 9.53 Å². The number of rotatable bonds is 9. The second-order valence-corrected chi connectivity index (χ2v) is 10.1. The molecule has 4 nitrogen and oxygen atoms in total. The van der Waals surface area contributed by atoms with Gasteiger partial charge in [0.2, 0.25) is 0 Å². The number of carbonyl (C=O) groups excluding carboxylic acids is 2. The maximum atomic E-state index is 12.6. The van der Waals surface area contributed by atoms with Gasteiger partial charge in [-0.25, -0.2) is 0 Å². The summed E-state index contributed by atoms with van der Waals surface area (Å²) in [7, 11) is 0. The van der Waals surface area contributed by atoms with Crippen LogP contribution in [0.3, 0.4) is 0 Å². The van der Waals surface area contributed by atoms with Crippen molar-refractivity contribution in [2.75, 3.05) is 19.8 Å². The Morgan fingerprint density at radius 1 is 1.17 bits per heavy atom. The molecule has 3 heterocycles. The van der Waals surface area contributed by atoms with Crippen molar-refractivity contribution in [2.45, 2.75) is 70.4 Å². The van der Waals surface area contributed by atoms with E-state index in [0.717, 1.165) is 38.9 Å². The third-order valence-electron chi connectivity index (χ3n) is 7.18. The van der Waals surface area contributed by atoms with Crippen molar-refractivity contribution in [3.63, 3.8) is 0 Å². The lowest BCUT2D eigenvalue weighted by molar-refractivity contribution is -0.128. The molecule has 3 saturated heterocycles. The van der Waals surface area contributed by atoms with E-state index in [1.807, 2.05) is 12.1 Å². The number of Topliss-reactive ketones (excluding diaryl/α,β-unsaturated/α-hetero) is 2. The molecule has 158 valence electrons. The molecular weight excluding hydrogens is 386 g/mol. The fourth-order valence-electron chi connectivity index (χ4n) is 5.34.